The van der Waals surface area contributed by atoms with E-state index in [4.69, 9.17) is 9.72 Å². The number of anilines is 3. The van der Waals surface area contributed by atoms with Crippen LogP contribution in [0.5, 0.6) is 0 Å². The minimum atomic E-state index is 0.782. The second kappa shape index (κ2) is 9.56. The number of hydrogen-bond acceptors (Lipinski definition) is 9. The van der Waals surface area contributed by atoms with Gasteiger partial charge in [-0.25, -0.2) is 15.0 Å². The predicted octanol–water partition coefficient (Wildman–Crippen LogP) is 3.66. The molecule has 0 aromatic carbocycles. The van der Waals surface area contributed by atoms with E-state index in [2.05, 4.69) is 42.2 Å². The molecule has 9 heteroatoms. The molecule has 5 rings (SSSR count). The highest BCUT2D eigenvalue weighted by atomic mass is 32.1. The Morgan fingerprint density at radius 1 is 1.00 bits per heavy atom. The van der Waals surface area contributed by atoms with Crippen LogP contribution in [0.25, 0.3) is 21.6 Å². The summed E-state index contributed by atoms with van der Waals surface area (Å²) in [5.74, 6) is 0.790. The van der Waals surface area contributed by atoms with E-state index in [1.54, 1.807) is 19.5 Å². The van der Waals surface area contributed by atoms with E-state index in [0.717, 1.165) is 71.9 Å². The number of ether oxygens (including phenoxy) is 1. The lowest BCUT2D eigenvalue weighted by Crippen LogP contribution is -2.47. The van der Waals surface area contributed by atoms with Gasteiger partial charge in [0.15, 0.2) is 5.13 Å². The molecular weight excluding hydrogens is 422 g/mol. The van der Waals surface area contributed by atoms with Gasteiger partial charge in [0.05, 0.1) is 12.3 Å². The lowest BCUT2D eigenvalue weighted by molar-refractivity contribution is 0.144. The van der Waals surface area contributed by atoms with Crippen LogP contribution in [0.3, 0.4) is 0 Å². The zero-order valence-corrected chi connectivity index (χ0v) is 18.8. The van der Waals surface area contributed by atoms with Crippen LogP contribution in [0, 0.1) is 0 Å². The Labute approximate surface area is 190 Å². The van der Waals surface area contributed by atoms with Crippen molar-refractivity contribution in [2.75, 3.05) is 56.7 Å². The van der Waals surface area contributed by atoms with Crippen molar-refractivity contribution < 1.29 is 4.74 Å². The quantitative estimate of drug-likeness (QED) is 0.460. The Balaban J connectivity index is 1.28. The summed E-state index contributed by atoms with van der Waals surface area (Å²) < 4.78 is 5.20. The summed E-state index contributed by atoms with van der Waals surface area (Å²) in [4.78, 5) is 23.8. The minimum Gasteiger partial charge on any atom is -0.383 e. The molecule has 0 unspecified atom stereocenters. The van der Waals surface area contributed by atoms with Crippen molar-refractivity contribution in [3.05, 3.63) is 55.0 Å². The molecule has 0 spiro atoms. The van der Waals surface area contributed by atoms with Crippen molar-refractivity contribution >= 4 is 38.3 Å². The SMILES string of the molecule is COCCN1CCN(c2ccnc(Nc3nc4ccc(-c5ccncc5)nc4s3)c2)CC1. The molecule has 1 fully saturated rings. The van der Waals surface area contributed by atoms with Gasteiger partial charge in [-0.15, -0.1) is 0 Å². The van der Waals surface area contributed by atoms with Crippen molar-refractivity contribution in [2.24, 2.45) is 0 Å². The van der Waals surface area contributed by atoms with E-state index in [1.807, 2.05) is 30.5 Å². The lowest BCUT2D eigenvalue weighted by atomic mass is 10.2. The van der Waals surface area contributed by atoms with Gasteiger partial charge in [0, 0.05) is 75.7 Å². The van der Waals surface area contributed by atoms with Gasteiger partial charge < -0.3 is 15.0 Å². The maximum absolute atomic E-state index is 5.20. The van der Waals surface area contributed by atoms with Crippen LogP contribution in [-0.2, 0) is 4.74 Å². The molecule has 1 saturated heterocycles. The van der Waals surface area contributed by atoms with Gasteiger partial charge in [-0.1, -0.05) is 11.3 Å². The predicted molar refractivity (Wildman–Crippen MR) is 129 cm³/mol. The van der Waals surface area contributed by atoms with Crippen LogP contribution < -0.4 is 10.2 Å². The number of rotatable bonds is 7. The average Bonchev–Trinajstić information content (AvgIpc) is 3.25. The molecule has 164 valence electrons. The van der Waals surface area contributed by atoms with Crippen molar-refractivity contribution in [2.45, 2.75) is 0 Å². The number of nitrogens with one attached hydrogen (secondary N) is 1. The number of pyridine rings is 3. The molecule has 5 heterocycles. The summed E-state index contributed by atoms with van der Waals surface area (Å²) in [7, 11) is 1.75. The smallest absolute Gasteiger partial charge is 0.190 e. The summed E-state index contributed by atoms with van der Waals surface area (Å²) in [5, 5.41) is 4.15. The Morgan fingerprint density at radius 2 is 1.84 bits per heavy atom. The first-order valence-corrected chi connectivity index (χ1v) is 11.5. The summed E-state index contributed by atoms with van der Waals surface area (Å²) in [6, 6.07) is 12.1. The van der Waals surface area contributed by atoms with E-state index in [0.29, 0.717) is 0 Å². The fourth-order valence-corrected chi connectivity index (χ4v) is 4.64. The van der Waals surface area contributed by atoms with Gasteiger partial charge in [-0.3, -0.25) is 9.88 Å². The van der Waals surface area contributed by atoms with Crippen LogP contribution >= 0.6 is 11.3 Å². The number of nitrogens with zero attached hydrogens (tertiary/aromatic N) is 6. The lowest BCUT2D eigenvalue weighted by Gasteiger charge is -2.36. The fourth-order valence-electron chi connectivity index (χ4n) is 3.80. The van der Waals surface area contributed by atoms with Gasteiger partial charge >= 0.3 is 0 Å². The third-order valence-corrected chi connectivity index (χ3v) is 6.44. The van der Waals surface area contributed by atoms with Crippen LogP contribution in [0.1, 0.15) is 0 Å². The first-order chi connectivity index (χ1) is 15.8. The van der Waals surface area contributed by atoms with Crippen molar-refractivity contribution in [3.8, 4) is 11.3 Å². The Kier molecular flexibility index (Phi) is 6.20. The number of aromatic nitrogens is 4. The summed E-state index contributed by atoms with van der Waals surface area (Å²) in [5.41, 5.74) is 4.01. The normalized spacial score (nSPS) is 14.7. The first-order valence-electron chi connectivity index (χ1n) is 10.7. The molecule has 0 saturated carbocycles. The summed E-state index contributed by atoms with van der Waals surface area (Å²) in [6.45, 7) is 5.84. The van der Waals surface area contributed by atoms with Gasteiger partial charge in [0.2, 0.25) is 0 Å². The highest BCUT2D eigenvalue weighted by molar-refractivity contribution is 7.21. The van der Waals surface area contributed by atoms with E-state index in [-0.39, 0.29) is 0 Å². The molecule has 1 N–H and O–H groups in total. The monoisotopic (exact) mass is 447 g/mol. The zero-order chi connectivity index (χ0) is 21.8. The van der Waals surface area contributed by atoms with E-state index in [1.165, 1.54) is 17.0 Å². The number of fused-ring (bicyclic) bond motifs is 1. The summed E-state index contributed by atoms with van der Waals surface area (Å²) >= 11 is 1.53. The molecule has 0 bridgehead atoms. The third kappa shape index (κ3) is 4.69. The fraction of sp³-hybridized carbons (Fsp3) is 0.304. The first kappa shape index (κ1) is 20.7. The van der Waals surface area contributed by atoms with Crippen LogP contribution in [0.15, 0.2) is 55.0 Å². The molecule has 0 atom stereocenters. The van der Waals surface area contributed by atoms with Crippen LogP contribution in [0.4, 0.5) is 16.6 Å². The standard InChI is InChI=1S/C23H25N7OS/c1-31-15-14-29-10-12-30(13-11-29)18-6-9-25-21(16-18)28-23-27-20-3-2-19(26-22(20)32-23)17-4-7-24-8-5-17/h2-9,16H,10-15H2,1H3,(H,25,27,28). The second-order valence-corrected chi connectivity index (χ2v) is 8.60. The van der Waals surface area contributed by atoms with Crippen molar-refractivity contribution in [1.29, 1.82) is 0 Å². The maximum Gasteiger partial charge on any atom is 0.190 e. The van der Waals surface area contributed by atoms with E-state index in [9.17, 15) is 0 Å². The number of piperazine rings is 1. The number of hydrogen-bond donors (Lipinski definition) is 1. The molecule has 32 heavy (non-hydrogen) atoms. The molecule has 4 aromatic rings. The Morgan fingerprint density at radius 3 is 2.66 bits per heavy atom. The number of methoxy groups -OCH3 is 1. The molecule has 1 aliphatic rings. The second-order valence-electron chi connectivity index (χ2n) is 7.62. The Hall–Kier alpha value is -3.14. The van der Waals surface area contributed by atoms with E-state index >= 15 is 0 Å². The topological polar surface area (TPSA) is 79.3 Å². The van der Waals surface area contributed by atoms with Gasteiger partial charge in [-0.05, 0) is 30.3 Å². The van der Waals surface area contributed by atoms with Crippen molar-refractivity contribution in [1.82, 2.24) is 24.8 Å². The molecule has 0 aliphatic carbocycles. The summed E-state index contributed by atoms with van der Waals surface area (Å²) in [6.07, 6.45) is 5.40. The van der Waals surface area contributed by atoms with Crippen molar-refractivity contribution in [3.63, 3.8) is 0 Å². The van der Waals surface area contributed by atoms with Gasteiger partial charge in [-0.2, -0.15) is 0 Å². The average molecular weight is 448 g/mol. The maximum atomic E-state index is 5.20. The largest absolute Gasteiger partial charge is 0.383 e. The molecule has 0 radical (unpaired) electrons. The highest BCUT2D eigenvalue weighted by Crippen LogP contribution is 2.29. The Bertz CT molecular complexity index is 1180. The van der Waals surface area contributed by atoms with E-state index < -0.39 is 0 Å². The molecule has 1 aliphatic heterocycles. The highest BCUT2D eigenvalue weighted by Gasteiger charge is 2.17. The molecule has 8 nitrogen and oxygen atoms in total. The van der Waals surface area contributed by atoms with Gasteiger partial charge in [0.25, 0.3) is 0 Å². The third-order valence-electron chi connectivity index (χ3n) is 5.56. The number of thiazole rings is 1. The molecular formula is C23H25N7OS. The van der Waals surface area contributed by atoms with Gasteiger partial charge in [0.1, 0.15) is 16.2 Å². The van der Waals surface area contributed by atoms with Crippen LogP contribution in [-0.4, -0.2) is 71.3 Å². The molecule has 4 aromatic heterocycles. The zero-order valence-electron chi connectivity index (χ0n) is 17.9. The van der Waals surface area contributed by atoms with Crippen LogP contribution in [0.2, 0.25) is 0 Å². The molecule has 0 amide bonds. The minimum absolute atomic E-state index is 0.782.